The highest BCUT2D eigenvalue weighted by Crippen LogP contribution is 2.15. The molecule has 0 spiro atoms. The zero-order valence-corrected chi connectivity index (χ0v) is 15.8. The van der Waals surface area contributed by atoms with Gasteiger partial charge in [-0.25, -0.2) is 4.79 Å². The summed E-state index contributed by atoms with van der Waals surface area (Å²) in [4.78, 5) is 24.5. The SMILES string of the molecule is CC(NC(=O)c1ccc(NC(=O)Nc2ccccc2)cc1)c1ccc(C#N)cc1. The summed E-state index contributed by atoms with van der Waals surface area (Å²) in [6, 6.07) is 24.4. The van der Waals surface area contributed by atoms with E-state index in [9.17, 15) is 9.59 Å². The van der Waals surface area contributed by atoms with Crippen LogP contribution in [0.1, 0.15) is 34.5 Å². The van der Waals surface area contributed by atoms with Gasteiger partial charge in [-0.05, 0) is 61.0 Å². The number of amides is 3. The van der Waals surface area contributed by atoms with Crippen molar-refractivity contribution in [1.29, 1.82) is 5.26 Å². The van der Waals surface area contributed by atoms with Crippen LogP contribution in [0, 0.1) is 11.3 Å². The molecule has 3 amide bonds. The maximum absolute atomic E-state index is 12.5. The number of nitrogens with one attached hydrogen (secondary N) is 3. The number of carbonyl (C=O) groups is 2. The molecule has 0 aliphatic heterocycles. The molecule has 29 heavy (non-hydrogen) atoms. The van der Waals surface area contributed by atoms with Gasteiger partial charge < -0.3 is 16.0 Å². The molecule has 6 nitrogen and oxygen atoms in total. The third-order valence-electron chi connectivity index (χ3n) is 4.32. The lowest BCUT2D eigenvalue weighted by Crippen LogP contribution is -2.26. The zero-order chi connectivity index (χ0) is 20.6. The number of para-hydroxylation sites is 1. The molecule has 0 saturated heterocycles. The second-order valence-corrected chi connectivity index (χ2v) is 6.45. The average Bonchev–Trinajstić information content (AvgIpc) is 2.75. The smallest absolute Gasteiger partial charge is 0.323 e. The Labute approximate surface area is 169 Å². The molecular formula is C23H20N4O2. The summed E-state index contributed by atoms with van der Waals surface area (Å²) < 4.78 is 0. The normalized spacial score (nSPS) is 11.0. The molecule has 0 radical (unpaired) electrons. The Morgan fingerprint density at radius 1 is 0.828 bits per heavy atom. The molecule has 0 aliphatic rings. The highest BCUT2D eigenvalue weighted by molar-refractivity contribution is 6.00. The quantitative estimate of drug-likeness (QED) is 0.595. The fourth-order valence-electron chi connectivity index (χ4n) is 2.73. The van der Waals surface area contributed by atoms with E-state index < -0.39 is 0 Å². The van der Waals surface area contributed by atoms with E-state index in [4.69, 9.17) is 5.26 Å². The van der Waals surface area contributed by atoms with E-state index in [-0.39, 0.29) is 18.0 Å². The van der Waals surface area contributed by atoms with E-state index in [1.807, 2.05) is 37.3 Å². The lowest BCUT2D eigenvalue weighted by Gasteiger charge is -2.15. The van der Waals surface area contributed by atoms with E-state index in [0.29, 0.717) is 22.5 Å². The van der Waals surface area contributed by atoms with Crippen LogP contribution in [0.25, 0.3) is 0 Å². The van der Waals surface area contributed by atoms with Crippen molar-refractivity contribution in [2.45, 2.75) is 13.0 Å². The molecule has 0 saturated carbocycles. The van der Waals surface area contributed by atoms with Crippen LogP contribution in [0.5, 0.6) is 0 Å². The van der Waals surface area contributed by atoms with Crippen molar-refractivity contribution in [2.24, 2.45) is 0 Å². The lowest BCUT2D eigenvalue weighted by atomic mass is 10.1. The lowest BCUT2D eigenvalue weighted by molar-refractivity contribution is 0.0940. The molecule has 6 heteroatoms. The third kappa shape index (κ3) is 5.44. The molecule has 3 rings (SSSR count). The molecule has 0 aliphatic carbocycles. The number of anilines is 2. The Morgan fingerprint density at radius 2 is 1.41 bits per heavy atom. The van der Waals surface area contributed by atoms with E-state index in [2.05, 4.69) is 22.0 Å². The number of hydrogen-bond acceptors (Lipinski definition) is 3. The minimum Gasteiger partial charge on any atom is -0.346 e. The molecule has 1 atom stereocenters. The molecular weight excluding hydrogens is 364 g/mol. The van der Waals surface area contributed by atoms with E-state index in [0.717, 1.165) is 5.56 Å². The van der Waals surface area contributed by atoms with E-state index >= 15 is 0 Å². The average molecular weight is 384 g/mol. The Morgan fingerprint density at radius 3 is 2.00 bits per heavy atom. The minimum absolute atomic E-state index is 0.204. The first-order chi connectivity index (χ1) is 14.0. The molecule has 3 N–H and O–H groups in total. The predicted octanol–water partition coefficient (Wildman–Crippen LogP) is 4.69. The first-order valence-corrected chi connectivity index (χ1v) is 9.09. The van der Waals surface area contributed by atoms with E-state index in [1.165, 1.54) is 0 Å². The summed E-state index contributed by atoms with van der Waals surface area (Å²) in [6.07, 6.45) is 0. The van der Waals surface area contributed by atoms with Crippen LogP contribution in [0.15, 0.2) is 78.9 Å². The van der Waals surface area contributed by atoms with Crippen LogP contribution in [-0.4, -0.2) is 11.9 Å². The second-order valence-electron chi connectivity index (χ2n) is 6.45. The van der Waals surface area contributed by atoms with E-state index in [1.54, 1.807) is 48.5 Å². The third-order valence-corrected chi connectivity index (χ3v) is 4.32. The van der Waals surface area contributed by atoms with Gasteiger partial charge in [-0.3, -0.25) is 4.79 Å². The minimum atomic E-state index is -0.358. The zero-order valence-electron chi connectivity index (χ0n) is 15.8. The monoisotopic (exact) mass is 384 g/mol. The topological polar surface area (TPSA) is 94.0 Å². The van der Waals surface area contributed by atoms with Gasteiger partial charge in [-0.15, -0.1) is 0 Å². The highest BCUT2D eigenvalue weighted by atomic mass is 16.2. The molecule has 1 unspecified atom stereocenters. The number of nitriles is 1. The van der Waals surface area contributed by atoms with Crippen LogP contribution >= 0.6 is 0 Å². The summed E-state index contributed by atoms with van der Waals surface area (Å²) in [5.41, 5.74) is 3.24. The fraction of sp³-hybridized carbons (Fsp3) is 0.0870. The summed E-state index contributed by atoms with van der Waals surface area (Å²) in [6.45, 7) is 1.88. The Hall–Kier alpha value is -4.11. The van der Waals surface area contributed by atoms with Gasteiger partial charge in [-0.1, -0.05) is 30.3 Å². The van der Waals surface area contributed by atoms with Gasteiger partial charge >= 0.3 is 6.03 Å². The van der Waals surface area contributed by atoms with Crippen molar-refractivity contribution in [2.75, 3.05) is 10.6 Å². The van der Waals surface area contributed by atoms with Crippen molar-refractivity contribution in [3.8, 4) is 6.07 Å². The number of rotatable bonds is 5. The maximum Gasteiger partial charge on any atom is 0.323 e. The number of carbonyl (C=O) groups excluding carboxylic acids is 2. The van der Waals surface area contributed by atoms with Gasteiger partial charge in [0.1, 0.15) is 0 Å². The van der Waals surface area contributed by atoms with Gasteiger partial charge in [0.05, 0.1) is 17.7 Å². The second kappa shape index (κ2) is 9.20. The van der Waals surface area contributed by atoms with Crippen LogP contribution < -0.4 is 16.0 Å². The van der Waals surface area contributed by atoms with Crippen molar-refractivity contribution in [3.63, 3.8) is 0 Å². The summed E-state index contributed by atoms with van der Waals surface area (Å²) in [7, 11) is 0. The molecule has 3 aromatic carbocycles. The van der Waals surface area contributed by atoms with Crippen LogP contribution in [0.2, 0.25) is 0 Å². The summed E-state index contributed by atoms with van der Waals surface area (Å²) >= 11 is 0. The standard InChI is InChI=1S/C23H20N4O2/c1-16(18-9-7-17(15-24)8-10-18)25-22(28)19-11-13-21(14-12-19)27-23(29)26-20-5-3-2-4-6-20/h2-14,16H,1H3,(H,25,28)(H2,26,27,29). The van der Waals surface area contributed by atoms with Crippen LogP contribution in [-0.2, 0) is 0 Å². The van der Waals surface area contributed by atoms with Crippen molar-refractivity contribution >= 4 is 23.3 Å². The van der Waals surface area contributed by atoms with Crippen LogP contribution in [0.3, 0.4) is 0 Å². The van der Waals surface area contributed by atoms with Gasteiger partial charge in [0, 0.05) is 16.9 Å². The molecule has 0 heterocycles. The largest absolute Gasteiger partial charge is 0.346 e. The van der Waals surface area contributed by atoms with Crippen molar-refractivity contribution in [3.05, 3.63) is 95.6 Å². The summed E-state index contributed by atoms with van der Waals surface area (Å²) in [5.74, 6) is -0.220. The predicted molar refractivity (Wildman–Crippen MR) is 113 cm³/mol. The fourth-order valence-corrected chi connectivity index (χ4v) is 2.73. The molecule has 0 aromatic heterocycles. The number of nitrogens with zero attached hydrogens (tertiary/aromatic N) is 1. The highest BCUT2D eigenvalue weighted by Gasteiger charge is 2.12. The summed E-state index contributed by atoms with van der Waals surface area (Å²) in [5, 5.41) is 17.2. The Balaban J connectivity index is 1.56. The van der Waals surface area contributed by atoms with Gasteiger partial charge in [0.2, 0.25) is 0 Å². The van der Waals surface area contributed by atoms with Crippen molar-refractivity contribution < 1.29 is 9.59 Å². The van der Waals surface area contributed by atoms with Crippen molar-refractivity contribution in [1.82, 2.24) is 5.32 Å². The molecule has 0 fully saturated rings. The number of benzene rings is 3. The first-order valence-electron chi connectivity index (χ1n) is 9.09. The number of hydrogen-bond donors (Lipinski definition) is 3. The van der Waals surface area contributed by atoms with Crippen LogP contribution in [0.4, 0.5) is 16.2 Å². The maximum atomic E-state index is 12.5. The number of urea groups is 1. The molecule has 0 bridgehead atoms. The van der Waals surface area contributed by atoms with Gasteiger partial charge in [0.15, 0.2) is 0 Å². The Bertz CT molecular complexity index is 1020. The molecule has 3 aromatic rings. The molecule has 144 valence electrons. The Kier molecular flexibility index (Phi) is 6.23. The van der Waals surface area contributed by atoms with Gasteiger partial charge in [0.25, 0.3) is 5.91 Å². The first kappa shape index (κ1) is 19.6. The van der Waals surface area contributed by atoms with Gasteiger partial charge in [-0.2, -0.15) is 5.26 Å².